The van der Waals surface area contributed by atoms with Crippen LogP contribution in [0.4, 0.5) is 0 Å². The van der Waals surface area contributed by atoms with Crippen molar-refractivity contribution in [3.8, 4) is 0 Å². The number of fused-ring (bicyclic) bond motifs is 2. The summed E-state index contributed by atoms with van der Waals surface area (Å²) in [6.45, 7) is 1.43. The van der Waals surface area contributed by atoms with Gasteiger partial charge in [0.15, 0.2) is 0 Å². The monoisotopic (exact) mass is 332 g/mol. The lowest BCUT2D eigenvalue weighted by molar-refractivity contribution is -0.218. The third-order valence-electron chi connectivity index (χ3n) is 3.89. The second-order valence-corrected chi connectivity index (χ2v) is 6.53. The molecule has 0 saturated heterocycles. The summed E-state index contributed by atoms with van der Waals surface area (Å²) in [5.41, 5.74) is 0. The van der Waals surface area contributed by atoms with E-state index in [1.807, 2.05) is 0 Å². The van der Waals surface area contributed by atoms with Crippen molar-refractivity contribution in [3.63, 3.8) is 0 Å². The van der Waals surface area contributed by atoms with E-state index in [9.17, 15) is 4.79 Å². The SMILES string of the molecule is COC1(OC)[C@@]2(Cl)C(Cl)=C(Cl)[C@@]1(Cl)C[C@H]2C(C)=O. The smallest absolute Gasteiger partial charge is 0.217 e. The van der Waals surface area contributed by atoms with Gasteiger partial charge in [-0.2, -0.15) is 0 Å². The Labute approximate surface area is 125 Å². The van der Waals surface area contributed by atoms with Crippen LogP contribution in [0.25, 0.3) is 0 Å². The number of rotatable bonds is 3. The molecular formula is C11H12Cl4O3. The van der Waals surface area contributed by atoms with Crippen molar-refractivity contribution in [1.82, 2.24) is 0 Å². The summed E-state index contributed by atoms with van der Waals surface area (Å²) in [4.78, 5) is 9.15. The lowest BCUT2D eigenvalue weighted by Gasteiger charge is -2.40. The standard InChI is InChI=1S/C11H12Cl4O3/c1-5(16)6-4-9(14)7(12)8(13)10(6,15)11(9,17-2)18-3/h6H,4H2,1-3H3/t6-,9-,10-/m0/s1. The zero-order valence-corrected chi connectivity index (χ0v) is 13.0. The van der Waals surface area contributed by atoms with Gasteiger partial charge in [-0.25, -0.2) is 0 Å². The highest BCUT2D eigenvalue weighted by Crippen LogP contribution is 2.71. The van der Waals surface area contributed by atoms with Gasteiger partial charge < -0.3 is 9.47 Å². The molecule has 2 aliphatic carbocycles. The van der Waals surface area contributed by atoms with E-state index in [0.29, 0.717) is 0 Å². The van der Waals surface area contributed by atoms with Crippen LogP contribution in [0, 0.1) is 5.92 Å². The van der Waals surface area contributed by atoms with Crippen LogP contribution in [0.3, 0.4) is 0 Å². The van der Waals surface area contributed by atoms with Crippen molar-refractivity contribution < 1.29 is 14.3 Å². The maximum absolute atomic E-state index is 11.8. The van der Waals surface area contributed by atoms with Crippen LogP contribution < -0.4 is 0 Å². The van der Waals surface area contributed by atoms with Gasteiger partial charge in [-0.15, -0.1) is 23.2 Å². The number of ether oxygens (including phenoxy) is 2. The van der Waals surface area contributed by atoms with Gasteiger partial charge >= 0.3 is 0 Å². The molecule has 7 heteroatoms. The fraction of sp³-hybridized carbons (Fsp3) is 0.727. The number of hydrogen-bond acceptors (Lipinski definition) is 3. The van der Waals surface area contributed by atoms with E-state index in [1.54, 1.807) is 0 Å². The Morgan fingerprint density at radius 2 is 1.72 bits per heavy atom. The van der Waals surface area contributed by atoms with Gasteiger partial charge in [-0.05, 0) is 13.3 Å². The Morgan fingerprint density at radius 3 is 2.06 bits per heavy atom. The molecule has 2 aliphatic rings. The number of alkyl halides is 2. The molecule has 0 heterocycles. The second kappa shape index (κ2) is 4.24. The maximum Gasteiger partial charge on any atom is 0.217 e. The molecule has 0 aromatic rings. The van der Waals surface area contributed by atoms with E-state index in [4.69, 9.17) is 55.9 Å². The first-order valence-corrected chi connectivity index (χ1v) is 6.79. The Balaban J connectivity index is 2.73. The number of carbonyl (C=O) groups is 1. The topological polar surface area (TPSA) is 35.5 Å². The van der Waals surface area contributed by atoms with Gasteiger partial charge in [0.2, 0.25) is 5.79 Å². The van der Waals surface area contributed by atoms with Crippen LogP contribution in [-0.2, 0) is 14.3 Å². The molecule has 1 saturated carbocycles. The van der Waals surface area contributed by atoms with Crippen molar-refractivity contribution in [2.75, 3.05) is 14.2 Å². The first kappa shape index (κ1) is 14.9. The largest absolute Gasteiger partial charge is 0.350 e. The summed E-state index contributed by atoms with van der Waals surface area (Å²) < 4.78 is 10.8. The number of hydrogen-bond donors (Lipinski definition) is 0. The van der Waals surface area contributed by atoms with Crippen LogP contribution in [-0.4, -0.2) is 35.5 Å². The minimum Gasteiger partial charge on any atom is -0.350 e. The van der Waals surface area contributed by atoms with E-state index < -0.39 is 21.5 Å². The van der Waals surface area contributed by atoms with Crippen LogP contribution in [0.2, 0.25) is 0 Å². The quantitative estimate of drug-likeness (QED) is 0.587. The van der Waals surface area contributed by atoms with Gasteiger partial charge in [0, 0.05) is 20.1 Å². The van der Waals surface area contributed by atoms with E-state index in [1.165, 1.54) is 21.1 Å². The highest BCUT2D eigenvalue weighted by molar-refractivity contribution is 6.52. The number of methoxy groups -OCH3 is 2. The lowest BCUT2D eigenvalue weighted by Crippen LogP contribution is -2.57. The molecule has 0 aromatic heterocycles. The average Bonchev–Trinajstić information content (AvgIpc) is 2.60. The van der Waals surface area contributed by atoms with E-state index in [0.717, 1.165) is 0 Å². The molecule has 2 rings (SSSR count). The fourth-order valence-electron chi connectivity index (χ4n) is 3.07. The number of carbonyl (C=O) groups excluding carboxylic acids is 1. The average molecular weight is 334 g/mol. The summed E-state index contributed by atoms with van der Waals surface area (Å²) in [6.07, 6.45) is 0.226. The van der Waals surface area contributed by atoms with Crippen molar-refractivity contribution >= 4 is 52.2 Å². The molecule has 0 aromatic carbocycles. The van der Waals surface area contributed by atoms with Crippen molar-refractivity contribution in [2.24, 2.45) is 5.92 Å². The van der Waals surface area contributed by atoms with Gasteiger partial charge in [-0.1, -0.05) is 23.2 Å². The van der Waals surface area contributed by atoms with Crippen LogP contribution in [0.15, 0.2) is 10.1 Å². The van der Waals surface area contributed by atoms with Crippen LogP contribution in [0.1, 0.15) is 13.3 Å². The molecule has 0 amide bonds. The van der Waals surface area contributed by atoms with E-state index >= 15 is 0 Å². The predicted molar refractivity (Wildman–Crippen MR) is 71.4 cm³/mol. The Hall–Kier alpha value is 0.490. The molecule has 0 spiro atoms. The van der Waals surface area contributed by atoms with E-state index in [2.05, 4.69) is 0 Å². The van der Waals surface area contributed by atoms with Gasteiger partial charge in [0.05, 0.1) is 10.1 Å². The predicted octanol–water partition coefficient (Wildman–Crippen LogP) is 3.24. The van der Waals surface area contributed by atoms with Crippen LogP contribution >= 0.6 is 46.4 Å². The minimum atomic E-state index is -1.45. The molecule has 1 fully saturated rings. The Morgan fingerprint density at radius 1 is 1.22 bits per heavy atom. The van der Waals surface area contributed by atoms with Gasteiger partial charge in [0.1, 0.15) is 15.5 Å². The molecule has 102 valence electrons. The number of Topliss-reactive ketones (excluding diaryl/α,β-unsaturated/α-hetero) is 1. The van der Waals surface area contributed by atoms with Crippen LogP contribution in [0.5, 0.6) is 0 Å². The maximum atomic E-state index is 11.8. The molecule has 0 unspecified atom stereocenters. The Kier molecular flexibility index (Phi) is 3.51. The normalized spacial score (nSPS) is 41.6. The zero-order chi connectivity index (χ0) is 13.9. The Bertz CT molecular complexity index is 446. The molecule has 2 bridgehead atoms. The molecule has 0 aliphatic heterocycles. The fourth-order valence-corrected chi connectivity index (χ4v) is 5.17. The summed E-state index contributed by atoms with van der Waals surface area (Å²) in [7, 11) is 2.81. The first-order valence-electron chi connectivity index (χ1n) is 5.27. The third kappa shape index (κ3) is 1.28. The van der Waals surface area contributed by atoms with Gasteiger partial charge in [0.25, 0.3) is 0 Å². The van der Waals surface area contributed by atoms with Crippen molar-refractivity contribution in [1.29, 1.82) is 0 Å². The highest BCUT2D eigenvalue weighted by atomic mass is 35.5. The van der Waals surface area contributed by atoms with Crippen molar-refractivity contribution in [2.45, 2.75) is 28.9 Å². The first-order chi connectivity index (χ1) is 8.23. The molecule has 0 N–H and O–H groups in total. The lowest BCUT2D eigenvalue weighted by atomic mass is 9.88. The number of halogens is 4. The minimum absolute atomic E-state index is 0.121. The number of ketones is 1. The summed E-state index contributed by atoms with van der Waals surface area (Å²) in [5.74, 6) is -2.19. The summed E-state index contributed by atoms with van der Waals surface area (Å²) in [6, 6.07) is 0. The molecule has 18 heavy (non-hydrogen) atoms. The zero-order valence-electron chi connectivity index (χ0n) is 10.0. The highest BCUT2D eigenvalue weighted by Gasteiger charge is 2.81. The third-order valence-corrected chi connectivity index (χ3v) is 6.47. The van der Waals surface area contributed by atoms with Gasteiger partial charge in [-0.3, -0.25) is 4.79 Å². The summed E-state index contributed by atoms with van der Waals surface area (Å²) in [5, 5.41) is 0.304. The molecular weight excluding hydrogens is 322 g/mol. The molecule has 0 radical (unpaired) electrons. The van der Waals surface area contributed by atoms with Crippen molar-refractivity contribution in [3.05, 3.63) is 10.1 Å². The molecule has 3 atom stereocenters. The molecule has 3 nitrogen and oxygen atoms in total. The summed E-state index contributed by atoms with van der Waals surface area (Å²) >= 11 is 25.5. The van der Waals surface area contributed by atoms with E-state index in [-0.39, 0.29) is 22.3 Å². The second-order valence-electron chi connectivity index (χ2n) is 4.53.